The summed E-state index contributed by atoms with van der Waals surface area (Å²) >= 11 is 0. The summed E-state index contributed by atoms with van der Waals surface area (Å²) in [5.74, 6) is -0.0724. The van der Waals surface area contributed by atoms with Crippen molar-refractivity contribution in [1.29, 1.82) is 0 Å². The number of amides is 3. The Balaban J connectivity index is 1.62. The third kappa shape index (κ3) is 3.56. The van der Waals surface area contributed by atoms with Crippen molar-refractivity contribution >= 4 is 23.3 Å². The van der Waals surface area contributed by atoms with Crippen LogP contribution in [0.25, 0.3) is 0 Å². The van der Waals surface area contributed by atoms with Crippen LogP contribution in [0.4, 0.5) is 16.2 Å². The lowest BCUT2D eigenvalue weighted by Crippen LogP contribution is -2.43. The Morgan fingerprint density at radius 2 is 1.75 bits per heavy atom. The number of anilines is 2. The lowest BCUT2D eigenvalue weighted by Gasteiger charge is -2.17. The average molecular weight is 323 g/mol. The maximum absolute atomic E-state index is 12.5. The molecule has 3 rings (SSSR count). The molecule has 124 valence electrons. The molecule has 24 heavy (non-hydrogen) atoms. The summed E-state index contributed by atoms with van der Waals surface area (Å²) in [6.07, 6.45) is 0.605. The Kier molecular flexibility index (Phi) is 4.51. The molecule has 0 aromatic heterocycles. The lowest BCUT2D eigenvalue weighted by atomic mass is 10.1. The van der Waals surface area contributed by atoms with E-state index in [1.165, 1.54) is 0 Å². The number of urea groups is 1. The molecule has 0 unspecified atom stereocenters. The van der Waals surface area contributed by atoms with Gasteiger partial charge in [-0.15, -0.1) is 0 Å². The van der Waals surface area contributed by atoms with Gasteiger partial charge in [0.25, 0.3) is 0 Å². The maximum Gasteiger partial charge on any atom is 0.319 e. The highest BCUT2D eigenvalue weighted by atomic mass is 16.2. The summed E-state index contributed by atoms with van der Waals surface area (Å²) in [5.41, 5.74) is 3.76. The normalized spacial score (nSPS) is 17.0. The number of rotatable bonds is 3. The molecule has 0 spiro atoms. The molecule has 1 saturated heterocycles. The van der Waals surface area contributed by atoms with Gasteiger partial charge in [-0.3, -0.25) is 4.79 Å². The van der Waals surface area contributed by atoms with Gasteiger partial charge in [0.1, 0.15) is 6.04 Å². The molecule has 1 aliphatic heterocycles. The minimum atomic E-state index is -0.490. The number of hydrogen-bond donors (Lipinski definition) is 2. The number of benzene rings is 2. The van der Waals surface area contributed by atoms with Crippen molar-refractivity contribution in [2.75, 3.05) is 16.8 Å². The second-order valence-electron chi connectivity index (χ2n) is 6.14. The first-order valence-corrected chi connectivity index (χ1v) is 8.05. The summed E-state index contributed by atoms with van der Waals surface area (Å²) in [5, 5.41) is 5.58. The molecule has 3 amide bonds. The third-order valence-electron chi connectivity index (χ3n) is 4.06. The van der Waals surface area contributed by atoms with E-state index in [9.17, 15) is 9.59 Å². The average Bonchev–Trinajstić information content (AvgIpc) is 2.88. The Morgan fingerprint density at radius 3 is 2.42 bits per heavy atom. The van der Waals surface area contributed by atoms with Crippen LogP contribution in [0.3, 0.4) is 0 Å². The fourth-order valence-corrected chi connectivity index (χ4v) is 3.05. The van der Waals surface area contributed by atoms with Crippen LogP contribution in [-0.4, -0.2) is 24.5 Å². The molecule has 2 aromatic carbocycles. The molecule has 2 N–H and O–H groups in total. The standard InChI is InChI=1S/C19H21N3O2/c1-13-10-14(2)12-15(11-13)20-19(24)21-17-8-9-22(18(17)23)16-6-4-3-5-7-16/h3-7,10-12,17H,8-9H2,1-2H3,(H2,20,21,24)/t17-/m0/s1. The SMILES string of the molecule is Cc1cc(C)cc(NC(=O)N[C@H]2CCN(c3ccccc3)C2=O)c1. The van der Waals surface area contributed by atoms with Crippen molar-refractivity contribution in [2.45, 2.75) is 26.3 Å². The van der Waals surface area contributed by atoms with E-state index >= 15 is 0 Å². The third-order valence-corrected chi connectivity index (χ3v) is 4.06. The van der Waals surface area contributed by atoms with E-state index in [-0.39, 0.29) is 11.9 Å². The van der Waals surface area contributed by atoms with Crippen LogP contribution in [0.5, 0.6) is 0 Å². The number of nitrogens with zero attached hydrogens (tertiary/aromatic N) is 1. The van der Waals surface area contributed by atoms with E-state index in [1.807, 2.05) is 62.4 Å². The van der Waals surface area contributed by atoms with Crippen LogP contribution in [-0.2, 0) is 4.79 Å². The van der Waals surface area contributed by atoms with Crippen LogP contribution in [0.1, 0.15) is 17.5 Å². The van der Waals surface area contributed by atoms with Crippen LogP contribution < -0.4 is 15.5 Å². The quantitative estimate of drug-likeness (QED) is 0.911. The molecule has 1 aliphatic rings. The number of carbonyl (C=O) groups excluding carboxylic acids is 2. The van der Waals surface area contributed by atoms with E-state index in [0.717, 1.165) is 22.5 Å². The van der Waals surface area contributed by atoms with E-state index in [0.29, 0.717) is 13.0 Å². The Hall–Kier alpha value is -2.82. The molecule has 0 aliphatic carbocycles. The first-order chi connectivity index (χ1) is 11.5. The number of para-hydroxylation sites is 1. The van der Waals surface area contributed by atoms with Crippen molar-refractivity contribution in [2.24, 2.45) is 0 Å². The van der Waals surface area contributed by atoms with E-state index in [2.05, 4.69) is 10.6 Å². The van der Waals surface area contributed by atoms with Gasteiger partial charge in [0.05, 0.1) is 0 Å². The molecular weight excluding hydrogens is 302 g/mol. The van der Waals surface area contributed by atoms with E-state index in [1.54, 1.807) is 4.90 Å². The summed E-state index contributed by atoms with van der Waals surface area (Å²) in [7, 11) is 0. The summed E-state index contributed by atoms with van der Waals surface area (Å²) in [6, 6.07) is 14.5. The Bertz CT molecular complexity index is 738. The predicted molar refractivity (Wildman–Crippen MR) is 95.3 cm³/mol. The lowest BCUT2D eigenvalue weighted by molar-refractivity contribution is -0.118. The van der Waals surface area contributed by atoms with Crippen LogP contribution in [0, 0.1) is 13.8 Å². The molecule has 5 heteroatoms. The highest BCUT2D eigenvalue weighted by Crippen LogP contribution is 2.21. The van der Waals surface area contributed by atoms with Gasteiger partial charge in [0.15, 0.2) is 0 Å². The predicted octanol–water partition coefficient (Wildman–Crippen LogP) is 3.23. The highest BCUT2D eigenvalue weighted by Gasteiger charge is 2.33. The van der Waals surface area contributed by atoms with E-state index in [4.69, 9.17) is 0 Å². The Labute approximate surface area is 141 Å². The zero-order valence-electron chi connectivity index (χ0n) is 13.9. The molecule has 0 bridgehead atoms. The molecule has 1 atom stereocenters. The van der Waals surface area contributed by atoms with Gasteiger partial charge < -0.3 is 15.5 Å². The van der Waals surface area contributed by atoms with E-state index < -0.39 is 6.04 Å². The van der Waals surface area contributed by atoms with Gasteiger partial charge in [0, 0.05) is 17.9 Å². The van der Waals surface area contributed by atoms with Crippen molar-refractivity contribution in [3.63, 3.8) is 0 Å². The highest BCUT2D eigenvalue weighted by molar-refractivity contribution is 6.02. The van der Waals surface area contributed by atoms with Crippen LogP contribution >= 0.6 is 0 Å². The summed E-state index contributed by atoms with van der Waals surface area (Å²) in [6.45, 7) is 4.57. The molecule has 0 radical (unpaired) electrons. The first-order valence-electron chi connectivity index (χ1n) is 8.05. The fraction of sp³-hybridized carbons (Fsp3) is 0.263. The number of carbonyl (C=O) groups is 2. The van der Waals surface area contributed by atoms with Gasteiger partial charge in [0.2, 0.25) is 5.91 Å². The number of nitrogens with one attached hydrogen (secondary N) is 2. The molecule has 1 fully saturated rings. The van der Waals surface area contributed by atoms with Crippen molar-refractivity contribution in [3.8, 4) is 0 Å². The zero-order valence-corrected chi connectivity index (χ0v) is 13.9. The van der Waals surface area contributed by atoms with Crippen molar-refractivity contribution < 1.29 is 9.59 Å². The largest absolute Gasteiger partial charge is 0.326 e. The topological polar surface area (TPSA) is 61.4 Å². The second-order valence-corrected chi connectivity index (χ2v) is 6.14. The van der Waals surface area contributed by atoms with Crippen molar-refractivity contribution in [1.82, 2.24) is 5.32 Å². The molecule has 1 heterocycles. The smallest absolute Gasteiger partial charge is 0.319 e. The maximum atomic E-state index is 12.5. The minimum Gasteiger partial charge on any atom is -0.326 e. The van der Waals surface area contributed by atoms with Gasteiger partial charge in [-0.05, 0) is 55.7 Å². The number of hydrogen-bond acceptors (Lipinski definition) is 2. The van der Waals surface area contributed by atoms with Gasteiger partial charge in [-0.2, -0.15) is 0 Å². The molecule has 0 saturated carbocycles. The molecular formula is C19H21N3O2. The van der Waals surface area contributed by atoms with Gasteiger partial charge >= 0.3 is 6.03 Å². The Morgan fingerprint density at radius 1 is 1.08 bits per heavy atom. The fourth-order valence-electron chi connectivity index (χ4n) is 3.05. The molecule has 2 aromatic rings. The summed E-state index contributed by atoms with van der Waals surface area (Å²) in [4.78, 5) is 26.4. The monoisotopic (exact) mass is 323 g/mol. The first kappa shape index (κ1) is 16.1. The summed E-state index contributed by atoms with van der Waals surface area (Å²) < 4.78 is 0. The second kappa shape index (κ2) is 6.74. The molecule has 5 nitrogen and oxygen atoms in total. The van der Waals surface area contributed by atoms with Crippen LogP contribution in [0.2, 0.25) is 0 Å². The number of aryl methyl sites for hydroxylation is 2. The van der Waals surface area contributed by atoms with Gasteiger partial charge in [-0.1, -0.05) is 24.3 Å². The van der Waals surface area contributed by atoms with Crippen LogP contribution in [0.15, 0.2) is 48.5 Å². The van der Waals surface area contributed by atoms with Gasteiger partial charge in [-0.25, -0.2) is 4.79 Å². The minimum absolute atomic E-state index is 0.0724. The van der Waals surface area contributed by atoms with Crippen molar-refractivity contribution in [3.05, 3.63) is 59.7 Å². The zero-order chi connectivity index (χ0) is 17.1.